The van der Waals surface area contributed by atoms with Crippen molar-refractivity contribution in [3.05, 3.63) is 23.8 Å². The molecule has 1 aromatic carbocycles. The van der Waals surface area contributed by atoms with Crippen LogP contribution in [0, 0.1) is 12.3 Å². The number of methoxy groups -OCH3 is 1. The molecule has 7 nitrogen and oxygen atoms in total. The Hall–Kier alpha value is -1.19. The second-order valence-electron chi connectivity index (χ2n) is 6.11. The average molecular weight is 392 g/mol. The summed E-state index contributed by atoms with van der Waals surface area (Å²) in [5, 5.41) is 6.10. The van der Waals surface area contributed by atoms with E-state index >= 15 is 0 Å². The Morgan fingerprint density at radius 3 is 2.52 bits per heavy atom. The summed E-state index contributed by atoms with van der Waals surface area (Å²) in [7, 11) is -0.626. The third kappa shape index (κ3) is 4.92. The lowest BCUT2D eigenvalue weighted by Gasteiger charge is -2.35. The van der Waals surface area contributed by atoms with Gasteiger partial charge in [0.05, 0.1) is 16.9 Å². The minimum Gasteiger partial charge on any atom is -0.384 e. The van der Waals surface area contributed by atoms with Crippen molar-refractivity contribution in [1.82, 2.24) is 10.0 Å². The van der Waals surface area contributed by atoms with E-state index in [1.165, 1.54) is 13.1 Å². The minimum absolute atomic E-state index is 0. The quantitative estimate of drug-likeness (QED) is 0.678. The smallest absolute Gasteiger partial charge is 0.240 e. The Bertz CT molecular complexity index is 698. The van der Waals surface area contributed by atoms with E-state index in [9.17, 15) is 13.2 Å². The topological polar surface area (TPSA) is 96.5 Å². The molecule has 1 fully saturated rings. The van der Waals surface area contributed by atoms with Gasteiger partial charge in [-0.05, 0) is 57.6 Å². The lowest BCUT2D eigenvalue weighted by Crippen LogP contribution is -2.47. The molecule has 2 rings (SSSR count). The van der Waals surface area contributed by atoms with Gasteiger partial charge in [-0.3, -0.25) is 4.79 Å². The summed E-state index contributed by atoms with van der Waals surface area (Å²) >= 11 is 0. The van der Waals surface area contributed by atoms with Gasteiger partial charge in [0.25, 0.3) is 0 Å². The molecule has 0 unspecified atom stereocenters. The average Bonchev–Trinajstić information content (AvgIpc) is 2.57. The first kappa shape index (κ1) is 21.9. The molecule has 1 heterocycles. The Balaban J connectivity index is 0.00000312. The van der Waals surface area contributed by atoms with Gasteiger partial charge in [-0.1, -0.05) is 6.07 Å². The molecule has 0 spiro atoms. The van der Waals surface area contributed by atoms with E-state index in [1.807, 2.05) is 0 Å². The first-order valence-electron chi connectivity index (χ1n) is 7.90. The molecule has 142 valence electrons. The van der Waals surface area contributed by atoms with Crippen LogP contribution in [0.15, 0.2) is 23.1 Å². The van der Waals surface area contributed by atoms with Crippen molar-refractivity contribution in [3.63, 3.8) is 0 Å². The molecule has 1 aromatic rings. The Morgan fingerprint density at radius 1 is 1.32 bits per heavy atom. The highest BCUT2D eigenvalue weighted by molar-refractivity contribution is 7.89. The van der Waals surface area contributed by atoms with Crippen molar-refractivity contribution in [2.75, 3.05) is 39.2 Å². The third-order valence-electron chi connectivity index (χ3n) is 4.47. The van der Waals surface area contributed by atoms with Crippen LogP contribution >= 0.6 is 12.4 Å². The predicted octanol–water partition coefficient (Wildman–Crippen LogP) is 1.28. The normalized spacial score (nSPS) is 16.8. The zero-order chi connectivity index (χ0) is 17.8. The van der Waals surface area contributed by atoms with Crippen LogP contribution in [0.1, 0.15) is 18.4 Å². The summed E-state index contributed by atoms with van der Waals surface area (Å²) in [5.74, 6) is -0.137. The predicted molar refractivity (Wildman–Crippen MR) is 99.7 cm³/mol. The number of hydrogen-bond donors (Lipinski definition) is 3. The van der Waals surface area contributed by atoms with Crippen molar-refractivity contribution in [2.24, 2.45) is 5.41 Å². The maximum absolute atomic E-state index is 12.8. The number of anilines is 1. The number of benzene rings is 1. The molecular weight excluding hydrogens is 366 g/mol. The van der Waals surface area contributed by atoms with Crippen molar-refractivity contribution in [3.8, 4) is 0 Å². The van der Waals surface area contributed by atoms with Crippen LogP contribution in [0.5, 0.6) is 0 Å². The summed E-state index contributed by atoms with van der Waals surface area (Å²) in [4.78, 5) is 13.0. The number of ether oxygens (including phenoxy) is 1. The molecule has 0 aromatic heterocycles. The fraction of sp³-hybridized carbons (Fsp3) is 0.562. The van der Waals surface area contributed by atoms with Gasteiger partial charge in [0.2, 0.25) is 15.9 Å². The second-order valence-corrected chi connectivity index (χ2v) is 7.96. The van der Waals surface area contributed by atoms with Gasteiger partial charge in [0, 0.05) is 12.8 Å². The van der Waals surface area contributed by atoms with Crippen LogP contribution in [0.4, 0.5) is 5.69 Å². The van der Waals surface area contributed by atoms with Gasteiger partial charge in [-0.2, -0.15) is 0 Å². The van der Waals surface area contributed by atoms with Gasteiger partial charge >= 0.3 is 0 Å². The molecule has 9 heteroatoms. The van der Waals surface area contributed by atoms with Gasteiger partial charge in [0.15, 0.2) is 0 Å². The number of amides is 1. The fourth-order valence-electron chi connectivity index (χ4n) is 2.96. The molecule has 1 aliphatic rings. The molecule has 1 aliphatic heterocycles. The summed E-state index contributed by atoms with van der Waals surface area (Å²) in [6.45, 7) is 3.57. The van der Waals surface area contributed by atoms with Crippen molar-refractivity contribution < 1.29 is 17.9 Å². The molecule has 0 radical (unpaired) electrons. The molecule has 3 N–H and O–H groups in total. The van der Waals surface area contributed by atoms with Crippen LogP contribution in [0.2, 0.25) is 0 Å². The maximum atomic E-state index is 12.8. The Labute approximate surface area is 155 Å². The van der Waals surface area contributed by atoms with Gasteiger partial charge in [-0.25, -0.2) is 13.1 Å². The third-order valence-corrected chi connectivity index (χ3v) is 6.02. The largest absolute Gasteiger partial charge is 0.384 e. The molecule has 0 bridgehead atoms. The minimum atomic E-state index is -3.57. The van der Waals surface area contributed by atoms with E-state index in [-0.39, 0.29) is 23.2 Å². The summed E-state index contributed by atoms with van der Waals surface area (Å²) < 4.78 is 31.7. The van der Waals surface area contributed by atoms with E-state index in [1.54, 1.807) is 26.2 Å². The highest BCUT2D eigenvalue weighted by Crippen LogP contribution is 2.31. The van der Waals surface area contributed by atoms with Gasteiger partial charge in [0.1, 0.15) is 0 Å². The molecular formula is C16H26ClN3O4S. The first-order chi connectivity index (χ1) is 11.3. The number of piperidine rings is 1. The standard InChI is InChI=1S/C16H25N3O4S.ClH/c1-12-4-5-13(10-14(12)24(21,22)17-2)19-15(20)16(11-23-3)6-8-18-9-7-16;/h4-5,10,17-18H,6-9,11H2,1-3H3,(H,19,20);1H. The second kappa shape index (κ2) is 8.95. The van der Waals surface area contributed by atoms with Gasteiger partial charge in [-0.15, -0.1) is 12.4 Å². The Kier molecular flexibility index (Phi) is 7.83. The monoisotopic (exact) mass is 391 g/mol. The molecule has 0 aliphatic carbocycles. The summed E-state index contributed by atoms with van der Waals surface area (Å²) in [5.41, 5.74) is 0.497. The number of hydrogen-bond acceptors (Lipinski definition) is 5. The van der Waals surface area contributed by atoms with Crippen molar-refractivity contribution in [1.29, 1.82) is 0 Å². The van der Waals surface area contributed by atoms with E-state index in [0.717, 1.165) is 13.1 Å². The summed E-state index contributed by atoms with van der Waals surface area (Å²) in [6.07, 6.45) is 1.36. The van der Waals surface area contributed by atoms with Crippen LogP contribution in [-0.4, -0.2) is 48.2 Å². The number of halogens is 1. The van der Waals surface area contributed by atoms with Crippen LogP contribution in [-0.2, 0) is 19.6 Å². The number of sulfonamides is 1. The van der Waals surface area contributed by atoms with Crippen LogP contribution in [0.3, 0.4) is 0 Å². The Morgan fingerprint density at radius 2 is 1.96 bits per heavy atom. The van der Waals surface area contributed by atoms with E-state index < -0.39 is 15.4 Å². The molecule has 0 saturated carbocycles. The molecule has 1 saturated heterocycles. The number of rotatable bonds is 6. The maximum Gasteiger partial charge on any atom is 0.240 e. The van der Waals surface area contributed by atoms with Gasteiger partial charge < -0.3 is 15.4 Å². The van der Waals surface area contributed by atoms with E-state index in [2.05, 4.69) is 15.4 Å². The van der Waals surface area contributed by atoms with E-state index in [4.69, 9.17) is 4.74 Å². The number of carbonyl (C=O) groups is 1. The first-order valence-corrected chi connectivity index (χ1v) is 9.38. The van der Waals surface area contributed by atoms with Crippen molar-refractivity contribution >= 4 is 34.0 Å². The van der Waals surface area contributed by atoms with Crippen LogP contribution in [0.25, 0.3) is 0 Å². The highest BCUT2D eigenvalue weighted by Gasteiger charge is 2.39. The van der Waals surface area contributed by atoms with Crippen molar-refractivity contribution in [2.45, 2.75) is 24.7 Å². The summed E-state index contributed by atoms with van der Waals surface area (Å²) in [6, 6.07) is 4.88. The molecule has 25 heavy (non-hydrogen) atoms. The highest BCUT2D eigenvalue weighted by atomic mass is 35.5. The molecule has 1 amide bonds. The lowest BCUT2D eigenvalue weighted by molar-refractivity contribution is -0.130. The van der Waals surface area contributed by atoms with Crippen LogP contribution < -0.4 is 15.4 Å². The number of aryl methyl sites for hydroxylation is 1. The lowest BCUT2D eigenvalue weighted by atomic mass is 9.78. The molecule has 0 atom stereocenters. The number of nitrogens with one attached hydrogen (secondary N) is 3. The zero-order valence-electron chi connectivity index (χ0n) is 14.7. The zero-order valence-corrected chi connectivity index (χ0v) is 16.4. The number of carbonyl (C=O) groups excluding carboxylic acids is 1. The fourth-order valence-corrected chi connectivity index (χ4v) is 3.95. The SMILES string of the molecule is CNS(=O)(=O)c1cc(NC(=O)C2(COC)CCNCC2)ccc1C.Cl. The van der Waals surface area contributed by atoms with E-state index in [0.29, 0.717) is 30.7 Å².